The molecule has 258 valence electrons. The topological polar surface area (TPSA) is 181 Å². The zero-order chi connectivity index (χ0) is 37.2. The van der Waals surface area contributed by atoms with Crippen molar-refractivity contribution in [2.45, 2.75) is 0 Å². The van der Waals surface area contributed by atoms with Gasteiger partial charge in [0.2, 0.25) is 0 Å². The van der Waals surface area contributed by atoms with E-state index in [0.29, 0.717) is 33.4 Å². The van der Waals surface area contributed by atoms with Crippen LogP contribution in [0.3, 0.4) is 0 Å². The van der Waals surface area contributed by atoms with Crippen molar-refractivity contribution in [1.29, 1.82) is 0 Å². The average molecular weight is 721 g/mol. The number of carbonyl (C=O) groups is 3. The predicted octanol–water partition coefficient (Wildman–Crippen LogP) is 4.30. The Morgan fingerprint density at radius 2 is 0.558 bits per heavy atom. The van der Waals surface area contributed by atoms with E-state index in [1.165, 1.54) is 109 Å². The number of hydrogen-bond donors (Lipinski definition) is 3. The van der Waals surface area contributed by atoms with Crippen LogP contribution in [0.5, 0.6) is 17.2 Å². The van der Waals surface area contributed by atoms with E-state index in [1.807, 2.05) is 0 Å². The molecular formula is C39H24AlF3O9. The summed E-state index contributed by atoms with van der Waals surface area (Å²) >= 11 is 0. The van der Waals surface area contributed by atoms with E-state index in [1.54, 1.807) is 18.2 Å². The summed E-state index contributed by atoms with van der Waals surface area (Å²) in [6.07, 6.45) is 0. The Kier molecular flexibility index (Phi) is 13.7. The van der Waals surface area contributed by atoms with Crippen molar-refractivity contribution in [3.05, 3.63) is 162 Å². The minimum Gasteiger partial charge on any atom is -0.545 e. The summed E-state index contributed by atoms with van der Waals surface area (Å²) in [6.45, 7) is 0. The fraction of sp³-hybridized carbons (Fsp3) is 0. The van der Waals surface area contributed by atoms with Crippen LogP contribution in [-0.2, 0) is 0 Å². The Hall–Kier alpha value is -6.55. The van der Waals surface area contributed by atoms with Gasteiger partial charge in [0.25, 0.3) is 0 Å². The van der Waals surface area contributed by atoms with Gasteiger partial charge in [0.1, 0.15) is 34.7 Å². The fourth-order valence-electron chi connectivity index (χ4n) is 4.56. The number of halogens is 3. The third kappa shape index (κ3) is 10.5. The molecule has 0 aliphatic heterocycles. The van der Waals surface area contributed by atoms with Crippen molar-refractivity contribution in [2.75, 3.05) is 0 Å². The number of carboxylic acids is 3. The van der Waals surface area contributed by atoms with E-state index < -0.39 is 17.9 Å². The number of aromatic hydroxyl groups is 3. The van der Waals surface area contributed by atoms with Crippen LogP contribution in [0.25, 0.3) is 33.4 Å². The number of carbonyl (C=O) groups excluding carboxylic acids is 3. The van der Waals surface area contributed by atoms with Gasteiger partial charge in [-0.05, 0) is 106 Å². The van der Waals surface area contributed by atoms with Crippen molar-refractivity contribution in [2.24, 2.45) is 0 Å². The molecule has 0 aromatic heterocycles. The molecule has 13 heteroatoms. The van der Waals surface area contributed by atoms with Crippen LogP contribution in [0.4, 0.5) is 13.2 Å². The van der Waals surface area contributed by atoms with Crippen LogP contribution in [0, 0.1) is 17.5 Å². The van der Waals surface area contributed by atoms with Gasteiger partial charge < -0.3 is 45.0 Å². The van der Waals surface area contributed by atoms with Gasteiger partial charge in [-0.3, -0.25) is 0 Å². The van der Waals surface area contributed by atoms with Crippen LogP contribution in [0.1, 0.15) is 31.1 Å². The van der Waals surface area contributed by atoms with E-state index in [0.717, 1.165) is 0 Å². The third-order valence-corrected chi connectivity index (χ3v) is 7.18. The normalized spacial score (nSPS) is 9.98. The van der Waals surface area contributed by atoms with Gasteiger partial charge in [0.15, 0.2) is 0 Å². The zero-order valence-corrected chi connectivity index (χ0v) is 27.8. The molecule has 0 saturated heterocycles. The standard InChI is InChI=1S/3C13H9FO3.Al/c3*14-10-4-1-8(2-5-10)9-3-6-12(15)11(7-9)13(16)17;/h3*1-7,15H,(H,16,17);/q;;;+3/p-3. The molecule has 3 N–H and O–H groups in total. The molecule has 0 radical (unpaired) electrons. The molecule has 6 rings (SSSR count). The Balaban J connectivity index is 0.000000208. The maximum atomic E-state index is 12.7. The SMILES string of the molecule is O=C([O-])c1cc(-c2ccc(F)cc2)ccc1O.O=C([O-])c1cc(-c2ccc(F)cc2)ccc1O.O=C([O-])c1cc(-c2ccc(F)cc2)ccc1O.[Al+3]. The summed E-state index contributed by atoms with van der Waals surface area (Å²) in [7, 11) is 0. The molecule has 9 nitrogen and oxygen atoms in total. The monoisotopic (exact) mass is 720 g/mol. The number of phenols is 3. The van der Waals surface area contributed by atoms with Crippen LogP contribution >= 0.6 is 0 Å². The number of aromatic carboxylic acids is 3. The predicted molar refractivity (Wildman–Crippen MR) is 179 cm³/mol. The second-order valence-electron chi connectivity index (χ2n) is 10.6. The van der Waals surface area contributed by atoms with Crippen molar-refractivity contribution in [3.8, 4) is 50.6 Å². The van der Waals surface area contributed by atoms with Gasteiger partial charge in [0, 0.05) is 16.7 Å². The third-order valence-electron chi connectivity index (χ3n) is 7.18. The Morgan fingerprint density at radius 3 is 0.750 bits per heavy atom. The quantitative estimate of drug-likeness (QED) is 0.211. The first-order valence-electron chi connectivity index (χ1n) is 14.6. The van der Waals surface area contributed by atoms with Gasteiger partial charge in [-0.15, -0.1) is 0 Å². The van der Waals surface area contributed by atoms with E-state index in [9.17, 15) is 58.2 Å². The molecule has 0 aliphatic carbocycles. The molecule has 0 heterocycles. The molecule has 6 aromatic carbocycles. The number of rotatable bonds is 6. The molecule has 0 unspecified atom stereocenters. The van der Waals surface area contributed by atoms with Crippen LogP contribution in [-0.4, -0.2) is 50.6 Å². The summed E-state index contributed by atoms with van der Waals surface area (Å²) in [4.78, 5) is 32.2. The van der Waals surface area contributed by atoms with Gasteiger partial charge in [-0.1, -0.05) is 54.6 Å². The molecule has 0 saturated carbocycles. The Bertz CT molecular complexity index is 1940. The second-order valence-corrected chi connectivity index (χ2v) is 10.6. The first-order valence-corrected chi connectivity index (χ1v) is 14.6. The Labute approximate surface area is 304 Å². The van der Waals surface area contributed by atoms with Crippen molar-refractivity contribution in [3.63, 3.8) is 0 Å². The summed E-state index contributed by atoms with van der Waals surface area (Å²) in [5.41, 5.74) is 2.84. The fourth-order valence-corrected chi connectivity index (χ4v) is 4.56. The molecule has 6 aromatic rings. The van der Waals surface area contributed by atoms with E-state index >= 15 is 0 Å². The molecular weight excluding hydrogens is 696 g/mol. The first-order chi connectivity index (χ1) is 24.2. The largest absolute Gasteiger partial charge is 3.00 e. The molecule has 52 heavy (non-hydrogen) atoms. The molecule has 0 aliphatic rings. The van der Waals surface area contributed by atoms with E-state index in [2.05, 4.69) is 0 Å². The molecule has 0 amide bonds. The van der Waals surface area contributed by atoms with E-state index in [-0.39, 0.29) is 68.8 Å². The summed E-state index contributed by atoms with van der Waals surface area (Å²) in [6, 6.07) is 29.2. The average Bonchev–Trinajstić information content (AvgIpc) is 3.10. The van der Waals surface area contributed by atoms with Gasteiger partial charge in [0.05, 0.1) is 17.9 Å². The van der Waals surface area contributed by atoms with Crippen molar-refractivity contribution in [1.82, 2.24) is 0 Å². The number of benzene rings is 6. The minimum absolute atomic E-state index is 0. The number of hydrogen-bond acceptors (Lipinski definition) is 9. The van der Waals surface area contributed by atoms with Gasteiger partial charge in [-0.25, -0.2) is 13.2 Å². The van der Waals surface area contributed by atoms with Gasteiger partial charge in [-0.2, -0.15) is 0 Å². The van der Waals surface area contributed by atoms with Crippen LogP contribution < -0.4 is 15.3 Å². The molecule has 0 atom stereocenters. The first kappa shape index (κ1) is 39.9. The summed E-state index contributed by atoms with van der Waals surface area (Å²) in [5.74, 6) is -6.51. The Morgan fingerprint density at radius 1 is 0.365 bits per heavy atom. The maximum Gasteiger partial charge on any atom is 3.00 e. The van der Waals surface area contributed by atoms with Crippen molar-refractivity contribution < 1.29 is 58.2 Å². The minimum atomic E-state index is -1.45. The smallest absolute Gasteiger partial charge is 0.545 e. The number of carboxylic acid groups (broad SMARTS) is 3. The van der Waals surface area contributed by atoms with Gasteiger partial charge >= 0.3 is 17.4 Å². The van der Waals surface area contributed by atoms with Crippen LogP contribution in [0.2, 0.25) is 0 Å². The maximum absolute atomic E-state index is 12.7. The zero-order valence-electron chi connectivity index (χ0n) is 26.6. The van der Waals surface area contributed by atoms with Crippen molar-refractivity contribution >= 4 is 35.3 Å². The summed E-state index contributed by atoms with van der Waals surface area (Å²) in [5, 5.41) is 60.1. The van der Waals surface area contributed by atoms with E-state index in [4.69, 9.17) is 0 Å². The molecule has 0 spiro atoms. The second kappa shape index (κ2) is 17.9. The molecule has 0 fully saturated rings. The molecule has 0 bridgehead atoms. The van der Waals surface area contributed by atoms with Crippen LogP contribution in [0.15, 0.2) is 127 Å². The summed E-state index contributed by atoms with van der Waals surface area (Å²) < 4.78 is 38.2.